The zero-order valence-corrected chi connectivity index (χ0v) is 18.4. The van der Waals surface area contributed by atoms with Crippen LogP contribution in [0.1, 0.15) is 49.5 Å². The van der Waals surface area contributed by atoms with Crippen LogP contribution in [0.5, 0.6) is 11.5 Å². The Morgan fingerprint density at radius 2 is 1.60 bits per heavy atom. The quantitative estimate of drug-likeness (QED) is 0.702. The first-order valence-corrected chi connectivity index (χ1v) is 10.4. The van der Waals surface area contributed by atoms with E-state index in [1.807, 2.05) is 43.0 Å². The molecule has 1 N–H and O–H groups in total. The summed E-state index contributed by atoms with van der Waals surface area (Å²) in [5.74, 6) is 1.76. The lowest BCUT2D eigenvalue weighted by Crippen LogP contribution is -2.37. The van der Waals surface area contributed by atoms with Gasteiger partial charge in [0.1, 0.15) is 18.1 Å². The Balaban J connectivity index is 0.000000673. The van der Waals surface area contributed by atoms with Crippen LogP contribution in [-0.4, -0.2) is 43.0 Å². The number of halogens is 1. The number of benzene rings is 2. The predicted octanol–water partition coefficient (Wildman–Crippen LogP) is 5.43. The lowest BCUT2D eigenvalue weighted by atomic mass is 9.98. The van der Waals surface area contributed by atoms with Gasteiger partial charge in [-0.25, -0.2) is 4.39 Å². The molecule has 0 spiro atoms. The van der Waals surface area contributed by atoms with E-state index in [9.17, 15) is 14.3 Å². The van der Waals surface area contributed by atoms with Crippen molar-refractivity contribution in [2.75, 3.05) is 27.1 Å². The molecule has 166 valence electrons. The number of ether oxygens (including phenoxy) is 2. The van der Waals surface area contributed by atoms with Crippen LogP contribution in [0.15, 0.2) is 48.5 Å². The van der Waals surface area contributed by atoms with E-state index in [0.29, 0.717) is 18.3 Å². The van der Waals surface area contributed by atoms with E-state index in [4.69, 9.17) is 4.74 Å². The monoisotopic (exact) mass is 419 g/mol. The van der Waals surface area contributed by atoms with Gasteiger partial charge in [-0.05, 0) is 60.7 Å². The summed E-state index contributed by atoms with van der Waals surface area (Å²) in [5.41, 5.74) is 1.74. The second kappa shape index (κ2) is 14.4. The SMILES string of the molecule is CC.CC1CCN(C(=O)c2ccc(COc3ccc(O)cc3)cc2)CC1.COCF. The van der Waals surface area contributed by atoms with Gasteiger partial charge in [0.2, 0.25) is 0 Å². The van der Waals surface area contributed by atoms with Crippen LogP contribution in [0, 0.1) is 5.92 Å². The Morgan fingerprint density at radius 1 is 1.07 bits per heavy atom. The average molecular weight is 420 g/mol. The molecule has 1 heterocycles. The standard InChI is InChI=1S/C20H23NO3.C2H5FO.C2H6/c1-15-10-12-21(13-11-15)20(23)17-4-2-16(3-5-17)14-24-19-8-6-18(22)7-9-19;1-4-2-3;1-2/h2-9,15,22H,10-14H2,1H3;2H2,1H3;1-2H3. The molecule has 0 atom stereocenters. The normalized spacial score (nSPS) is 13.4. The number of phenolic OH excluding ortho intramolecular Hbond substituents is 1. The fourth-order valence-electron chi connectivity index (χ4n) is 2.85. The molecule has 0 bridgehead atoms. The molecule has 0 aliphatic carbocycles. The summed E-state index contributed by atoms with van der Waals surface area (Å²) in [5, 5.41) is 9.25. The van der Waals surface area contributed by atoms with Crippen LogP contribution >= 0.6 is 0 Å². The number of aromatic hydroxyl groups is 1. The molecule has 0 radical (unpaired) electrons. The third-order valence-electron chi connectivity index (χ3n) is 4.62. The summed E-state index contributed by atoms with van der Waals surface area (Å²) in [7, 11) is 1.31. The minimum absolute atomic E-state index is 0.118. The maximum absolute atomic E-state index is 12.5. The molecular formula is C24H34FNO4. The number of likely N-dealkylation sites (tertiary alicyclic amines) is 1. The topological polar surface area (TPSA) is 59.0 Å². The second-order valence-corrected chi connectivity index (χ2v) is 6.85. The number of nitrogens with zero attached hydrogens (tertiary/aromatic N) is 1. The summed E-state index contributed by atoms with van der Waals surface area (Å²) in [6, 6.07) is 14.2. The maximum Gasteiger partial charge on any atom is 0.253 e. The van der Waals surface area contributed by atoms with Crippen molar-refractivity contribution in [2.24, 2.45) is 5.92 Å². The number of carbonyl (C=O) groups excluding carboxylic acids is 1. The number of amides is 1. The van der Waals surface area contributed by atoms with E-state index in [1.165, 1.54) is 7.11 Å². The van der Waals surface area contributed by atoms with Gasteiger partial charge in [-0.1, -0.05) is 32.9 Å². The molecular weight excluding hydrogens is 385 g/mol. The molecule has 0 unspecified atom stereocenters. The third kappa shape index (κ3) is 8.82. The van der Waals surface area contributed by atoms with E-state index in [2.05, 4.69) is 11.7 Å². The Morgan fingerprint density at radius 3 is 2.10 bits per heavy atom. The fourth-order valence-corrected chi connectivity index (χ4v) is 2.85. The third-order valence-corrected chi connectivity index (χ3v) is 4.62. The van der Waals surface area contributed by atoms with Crippen molar-refractivity contribution in [1.29, 1.82) is 0 Å². The number of alkyl halides is 1. The minimum atomic E-state index is -0.681. The van der Waals surface area contributed by atoms with Gasteiger partial charge >= 0.3 is 0 Å². The number of hydrogen-bond donors (Lipinski definition) is 1. The van der Waals surface area contributed by atoms with Crippen molar-refractivity contribution in [3.05, 3.63) is 59.7 Å². The van der Waals surface area contributed by atoms with Gasteiger partial charge in [0.15, 0.2) is 6.86 Å². The largest absolute Gasteiger partial charge is 0.508 e. The summed E-state index contributed by atoms with van der Waals surface area (Å²) in [6.45, 7) is 7.70. The molecule has 30 heavy (non-hydrogen) atoms. The lowest BCUT2D eigenvalue weighted by molar-refractivity contribution is 0.0697. The van der Waals surface area contributed by atoms with Crippen LogP contribution in [0.3, 0.4) is 0 Å². The van der Waals surface area contributed by atoms with Gasteiger partial charge in [-0.15, -0.1) is 0 Å². The van der Waals surface area contributed by atoms with Crippen LogP contribution < -0.4 is 4.74 Å². The van der Waals surface area contributed by atoms with E-state index in [0.717, 1.165) is 37.1 Å². The minimum Gasteiger partial charge on any atom is -0.508 e. The zero-order chi connectivity index (χ0) is 22.4. The van der Waals surface area contributed by atoms with Crippen molar-refractivity contribution in [3.63, 3.8) is 0 Å². The summed E-state index contributed by atoms with van der Waals surface area (Å²) < 4.78 is 20.0. The molecule has 0 saturated carbocycles. The first-order chi connectivity index (χ1) is 14.5. The van der Waals surface area contributed by atoms with Gasteiger partial charge in [0, 0.05) is 25.8 Å². The maximum atomic E-state index is 12.5. The molecule has 3 rings (SSSR count). The number of methoxy groups -OCH3 is 1. The lowest BCUT2D eigenvalue weighted by Gasteiger charge is -2.30. The van der Waals surface area contributed by atoms with Gasteiger partial charge in [0.25, 0.3) is 5.91 Å². The smallest absolute Gasteiger partial charge is 0.253 e. The van der Waals surface area contributed by atoms with Gasteiger partial charge in [-0.2, -0.15) is 0 Å². The predicted molar refractivity (Wildman–Crippen MR) is 118 cm³/mol. The molecule has 1 aliphatic rings. The van der Waals surface area contributed by atoms with E-state index in [-0.39, 0.29) is 11.7 Å². The number of piperidine rings is 1. The van der Waals surface area contributed by atoms with Crippen molar-refractivity contribution < 1.29 is 23.8 Å². The van der Waals surface area contributed by atoms with Gasteiger partial charge in [0.05, 0.1) is 0 Å². The van der Waals surface area contributed by atoms with Crippen molar-refractivity contribution in [1.82, 2.24) is 4.90 Å². The highest BCUT2D eigenvalue weighted by Crippen LogP contribution is 2.20. The first kappa shape index (κ1) is 25.4. The first-order valence-electron chi connectivity index (χ1n) is 10.4. The molecule has 6 heteroatoms. The number of carbonyl (C=O) groups is 1. The summed E-state index contributed by atoms with van der Waals surface area (Å²) in [4.78, 5) is 14.4. The van der Waals surface area contributed by atoms with Crippen LogP contribution in [0.2, 0.25) is 0 Å². The van der Waals surface area contributed by atoms with Gasteiger partial charge in [-0.3, -0.25) is 4.79 Å². The van der Waals surface area contributed by atoms with Crippen molar-refractivity contribution in [2.45, 2.75) is 40.2 Å². The molecule has 2 aromatic carbocycles. The van der Waals surface area contributed by atoms with E-state index >= 15 is 0 Å². The summed E-state index contributed by atoms with van der Waals surface area (Å²) >= 11 is 0. The molecule has 5 nitrogen and oxygen atoms in total. The molecule has 0 aromatic heterocycles. The van der Waals surface area contributed by atoms with Crippen molar-refractivity contribution in [3.8, 4) is 11.5 Å². The molecule has 1 amide bonds. The average Bonchev–Trinajstić information content (AvgIpc) is 2.80. The van der Waals surface area contributed by atoms with Crippen molar-refractivity contribution >= 4 is 5.91 Å². The number of rotatable bonds is 5. The number of hydrogen-bond acceptors (Lipinski definition) is 4. The van der Waals surface area contributed by atoms with E-state index < -0.39 is 6.86 Å². The second-order valence-electron chi connectivity index (χ2n) is 6.85. The summed E-state index contributed by atoms with van der Waals surface area (Å²) in [6.07, 6.45) is 2.18. The highest BCUT2D eigenvalue weighted by molar-refractivity contribution is 5.94. The Bertz CT molecular complexity index is 709. The number of phenols is 1. The molecule has 2 aromatic rings. The van der Waals surface area contributed by atoms with Crippen LogP contribution in [-0.2, 0) is 11.3 Å². The zero-order valence-electron chi connectivity index (χ0n) is 18.4. The van der Waals surface area contributed by atoms with Gasteiger partial charge < -0.3 is 19.5 Å². The van der Waals surface area contributed by atoms with E-state index in [1.54, 1.807) is 24.3 Å². The Kier molecular flexibility index (Phi) is 12.2. The molecule has 1 aliphatic heterocycles. The molecule has 1 saturated heterocycles. The highest BCUT2D eigenvalue weighted by Gasteiger charge is 2.21. The molecule has 1 fully saturated rings. The van der Waals surface area contributed by atoms with Crippen LogP contribution in [0.4, 0.5) is 4.39 Å². The fraction of sp³-hybridized carbons (Fsp3) is 0.458. The Hall–Kier alpha value is -2.60. The Labute approximate surface area is 179 Å². The highest BCUT2D eigenvalue weighted by atomic mass is 19.1. The van der Waals surface area contributed by atoms with Crippen LogP contribution in [0.25, 0.3) is 0 Å².